The Morgan fingerprint density at radius 2 is 2.00 bits per heavy atom. The predicted octanol–water partition coefficient (Wildman–Crippen LogP) is 3.08. The molecule has 0 aromatic heterocycles. The zero-order valence-electron chi connectivity index (χ0n) is 8.92. The highest BCUT2D eigenvalue weighted by Gasteiger charge is 3.19. The van der Waals surface area contributed by atoms with Crippen LogP contribution in [-0.2, 0) is 0 Å². The van der Waals surface area contributed by atoms with E-state index in [1.54, 1.807) is 32.1 Å². The molecule has 74 valence electrons. The molecule has 0 radical (unpaired) electrons. The van der Waals surface area contributed by atoms with Crippen LogP contribution >= 0.6 is 0 Å². The zero-order valence-corrected chi connectivity index (χ0v) is 8.92. The lowest BCUT2D eigenvalue weighted by Crippen LogP contribution is -2.29. The molecular weight excluding hydrogens is 168 g/mol. The minimum atomic E-state index is 1.04. The van der Waals surface area contributed by atoms with E-state index in [4.69, 9.17) is 0 Å². The van der Waals surface area contributed by atoms with Crippen molar-refractivity contribution in [1.82, 2.24) is 0 Å². The fourth-order valence-corrected chi connectivity index (χ4v) is 7.56. The number of hydrogen-bond donors (Lipinski definition) is 0. The highest BCUT2D eigenvalue weighted by Crippen LogP contribution is 3.24. The Kier molecular flexibility index (Phi) is 0.607. The Morgan fingerprint density at radius 1 is 1.14 bits per heavy atom. The van der Waals surface area contributed by atoms with E-state index in [1.165, 1.54) is 23.7 Å². The minimum Gasteiger partial charge on any atom is -0.0620 e. The molecule has 0 aliphatic heterocycles. The van der Waals surface area contributed by atoms with Crippen LogP contribution in [0.25, 0.3) is 0 Å². The van der Waals surface area contributed by atoms with Gasteiger partial charge in [0.05, 0.1) is 0 Å². The zero-order chi connectivity index (χ0) is 8.92. The van der Waals surface area contributed by atoms with Crippen molar-refractivity contribution >= 4 is 0 Å². The smallest absolute Gasteiger partial charge is 0.0127 e. The van der Waals surface area contributed by atoms with E-state index in [0.29, 0.717) is 0 Å². The first-order valence-corrected chi connectivity index (χ1v) is 6.79. The van der Waals surface area contributed by atoms with E-state index in [0.717, 1.165) is 22.2 Å². The van der Waals surface area contributed by atoms with E-state index in [1.807, 2.05) is 0 Å². The summed E-state index contributed by atoms with van der Waals surface area (Å²) < 4.78 is 0. The normalized spacial score (nSPS) is 80.8. The van der Waals surface area contributed by atoms with E-state index < -0.39 is 0 Å². The van der Waals surface area contributed by atoms with Crippen LogP contribution in [0.15, 0.2) is 0 Å². The van der Waals surface area contributed by atoms with Gasteiger partial charge in [0.2, 0.25) is 0 Å². The molecule has 0 aromatic rings. The third-order valence-corrected chi connectivity index (χ3v) is 7.97. The standard InChI is InChI=1S/C14H18/c1-7(8-2-3-8)10-9-4-12-6-14(12)11(10)13(12,14)5-9/h7-11H,2-6H2,1H3. The minimum absolute atomic E-state index is 1.04. The van der Waals surface area contributed by atoms with Crippen LogP contribution in [0.5, 0.6) is 0 Å². The molecule has 0 heteroatoms. The molecule has 3 spiro atoms. The van der Waals surface area contributed by atoms with Gasteiger partial charge in [-0.15, -0.1) is 0 Å². The molecule has 6 saturated carbocycles. The van der Waals surface area contributed by atoms with Crippen LogP contribution < -0.4 is 0 Å². The Labute approximate surface area is 85.4 Å². The van der Waals surface area contributed by atoms with Gasteiger partial charge in [-0.2, -0.15) is 0 Å². The van der Waals surface area contributed by atoms with Crippen molar-refractivity contribution in [2.75, 3.05) is 0 Å². The number of hydrogen-bond acceptors (Lipinski definition) is 0. The summed E-state index contributed by atoms with van der Waals surface area (Å²) in [5.41, 5.74) is 3.12. The molecule has 0 nitrogen and oxygen atoms in total. The second kappa shape index (κ2) is 1.30. The Bertz CT molecular complexity index is 391. The van der Waals surface area contributed by atoms with Gasteiger partial charge < -0.3 is 0 Å². The summed E-state index contributed by atoms with van der Waals surface area (Å²) in [5, 5.41) is 0. The molecule has 0 N–H and O–H groups in total. The van der Waals surface area contributed by atoms with Gasteiger partial charge in [0, 0.05) is 0 Å². The van der Waals surface area contributed by atoms with Gasteiger partial charge in [0.15, 0.2) is 0 Å². The van der Waals surface area contributed by atoms with Gasteiger partial charge in [0.1, 0.15) is 0 Å². The molecule has 6 fully saturated rings. The summed E-state index contributed by atoms with van der Waals surface area (Å²) in [6, 6.07) is 0. The summed E-state index contributed by atoms with van der Waals surface area (Å²) >= 11 is 0. The van der Waals surface area contributed by atoms with Crippen molar-refractivity contribution in [3.05, 3.63) is 0 Å². The Hall–Kier alpha value is 0. The van der Waals surface area contributed by atoms with Gasteiger partial charge in [-0.3, -0.25) is 0 Å². The van der Waals surface area contributed by atoms with E-state index >= 15 is 0 Å². The molecule has 2 bridgehead atoms. The van der Waals surface area contributed by atoms with Crippen LogP contribution in [-0.4, -0.2) is 0 Å². The van der Waals surface area contributed by atoms with Crippen LogP contribution in [0.4, 0.5) is 0 Å². The monoisotopic (exact) mass is 186 g/mol. The highest BCUT2D eigenvalue weighted by molar-refractivity contribution is 5.66. The lowest BCUT2D eigenvalue weighted by molar-refractivity contribution is 0.132. The maximum Gasteiger partial charge on any atom is -0.0127 e. The van der Waals surface area contributed by atoms with Crippen LogP contribution in [0.3, 0.4) is 0 Å². The van der Waals surface area contributed by atoms with Crippen LogP contribution in [0.2, 0.25) is 0 Å². The fourth-order valence-electron chi connectivity index (χ4n) is 7.56. The molecule has 0 amide bonds. The summed E-state index contributed by atoms with van der Waals surface area (Å²) in [5.74, 6) is 5.99. The first-order chi connectivity index (χ1) is 6.79. The van der Waals surface area contributed by atoms with E-state index in [9.17, 15) is 0 Å². The molecule has 6 aliphatic rings. The molecule has 0 saturated heterocycles. The van der Waals surface area contributed by atoms with E-state index in [2.05, 4.69) is 6.92 Å². The van der Waals surface area contributed by atoms with Crippen molar-refractivity contribution < 1.29 is 0 Å². The molecule has 14 heavy (non-hydrogen) atoms. The third kappa shape index (κ3) is 0.314. The van der Waals surface area contributed by atoms with Crippen molar-refractivity contribution in [3.8, 4) is 0 Å². The quantitative estimate of drug-likeness (QED) is 0.621. The van der Waals surface area contributed by atoms with Crippen molar-refractivity contribution in [1.29, 1.82) is 0 Å². The van der Waals surface area contributed by atoms with Crippen molar-refractivity contribution in [2.24, 2.45) is 45.8 Å². The molecule has 7 unspecified atom stereocenters. The summed E-state index contributed by atoms with van der Waals surface area (Å²) in [6.07, 6.45) is 8.21. The van der Waals surface area contributed by atoms with Gasteiger partial charge >= 0.3 is 0 Å². The number of rotatable bonds is 2. The van der Waals surface area contributed by atoms with Gasteiger partial charge in [-0.1, -0.05) is 6.92 Å². The lowest BCUT2D eigenvalue weighted by atomic mass is 9.70. The second-order valence-corrected chi connectivity index (χ2v) is 7.62. The topological polar surface area (TPSA) is 0 Å². The molecule has 0 aromatic carbocycles. The van der Waals surface area contributed by atoms with Gasteiger partial charge in [0.25, 0.3) is 0 Å². The molecular formula is C14H18. The van der Waals surface area contributed by atoms with Gasteiger partial charge in [-0.25, -0.2) is 0 Å². The summed E-state index contributed by atoms with van der Waals surface area (Å²) in [4.78, 5) is 0. The molecule has 0 heterocycles. The average molecular weight is 186 g/mol. The largest absolute Gasteiger partial charge is 0.0620 e. The first-order valence-electron chi connectivity index (χ1n) is 6.79. The fraction of sp³-hybridized carbons (Fsp3) is 1.00. The van der Waals surface area contributed by atoms with Crippen LogP contribution in [0, 0.1) is 45.8 Å². The maximum absolute atomic E-state index is 2.60. The van der Waals surface area contributed by atoms with Crippen molar-refractivity contribution in [3.63, 3.8) is 0 Å². The number of fused-ring (bicyclic) bond motifs is 1. The molecule has 6 rings (SSSR count). The highest BCUT2D eigenvalue weighted by atomic mass is 15.2. The second-order valence-electron chi connectivity index (χ2n) is 7.62. The maximum atomic E-state index is 2.60. The van der Waals surface area contributed by atoms with Crippen molar-refractivity contribution in [2.45, 2.75) is 39.0 Å². The van der Waals surface area contributed by atoms with Crippen LogP contribution in [0.1, 0.15) is 39.0 Å². The third-order valence-electron chi connectivity index (χ3n) is 7.97. The average Bonchev–Trinajstić information content (AvgIpc) is 3.02. The van der Waals surface area contributed by atoms with Gasteiger partial charge in [-0.05, 0) is 77.9 Å². The molecule has 7 atom stereocenters. The lowest BCUT2D eigenvalue weighted by Gasteiger charge is -2.34. The first kappa shape index (κ1) is 6.55. The Morgan fingerprint density at radius 3 is 2.57 bits per heavy atom. The summed E-state index contributed by atoms with van der Waals surface area (Å²) in [7, 11) is 0. The predicted molar refractivity (Wildman–Crippen MR) is 53.5 cm³/mol. The SMILES string of the molecule is CC(C1CC1)C1C2CC34CC35C1C45C2. The molecule has 6 aliphatic carbocycles. The van der Waals surface area contributed by atoms with E-state index in [-0.39, 0.29) is 0 Å². The Balaban J connectivity index is 1.47. The summed E-state index contributed by atoms with van der Waals surface area (Å²) in [6.45, 7) is 2.60.